The van der Waals surface area contributed by atoms with Crippen molar-refractivity contribution in [3.05, 3.63) is 71.3 Å². The van der Waals surface area contributed by atoms with E-state index in [0.717, 1.165) is 11.1 Å². The van der Waals surface area contributed by atoms with Crippen LogP contribution in [0.25, 0.3) is 6.08 Å². The van der Waals surface area contributed by atoms with Gasteiger partial charge in [-0.15, -0.1) is 0 Å². The highest BCUT2D eigenvalue weighted by atomic mass is 16.5. The van der Waals surface area contributed by atoms with E-state index in [1.807, 2.05) is 31.2 Å². The number of para-hydroxylation sites is 1. The Kier molecular flexibility index (Phi) is 6.23. The van der Waals surface area contributed by atoms with E-state index in [-0.39, 0.29) is 5.78 Å². The molecule has 0 bridgehead atoms. The van der Waals surface area contributed by atoms with Crippen molar-refractivity contribution in [1.82, 2.24) is 0 Å². The van der Waals surface area contributed by atoms with Gasteiger partial charge < -0.3 is 10.1 Å². The molecule has 0 aliphatic rings. The highest BCUT2D eigenvalue weighted by molar-refractivity contribution is 6.04. The molecule has 0 aliphatic carbocycles. The summed E-state index contributed by atoms with van der Waals surface area (Å²) < 4.78 is 4.91. The van der Waals surface area contributed by atoms with E-state index in [4.69, 9.17) is 4.74 Å². The van der Waals surface area contributed by atoms with Gasteiger partial charge in [-0.05, 0) is 37.6 Å². The number of aryl methyl sites for hydroxylation is 1. The molecule has 2 aromatic rings. The standard InChI is InChI=1S/C20H19NO4/c1-14-6-5-7-16(12-14)10-11-20(24)25-13-19(23)21-18-9-4-3-8-17(18)15(2)22/h3-12H,13H2,1-2H3,(H,21,23)/b11-10+. The second-order valence-corrected chi connectivity index (χ2v) is 5.51. The van der Waals surface area contributed by atoms with Crippen LogP contribution in [0, 0.1) is 6.92 Å². The van der Waals surface area contributed by atoms with E-state index in [0.29, 0.717) is 11.3 Å². The minimum atomic E-state index is -0.614. The number of rotatable bonds is 6. The number of ether oxygens (including phenoxy) is 1. The SMILES string of the molecule is CC(=O)c1ccccc1NC(=O)COC(=O)/C=C/c1cccc(C)c1. The van der Waals surface area contributed by atoms with Crippen LogP contribution in [0.15, 0.2) is 54.6 Å². The molecule has 25 heavy (non-hydrogen) atoms. The van der Waals surface area contributed by atoms with Crippen LogP contribution < -0.4 is 5.32 Å². The Morgan fingerprint density at radius 2 is 1.84 bits per heavy atom. The molecule has 0 unspecified atom stereocenters. The van der Waals surface area contributed by atoms with Crippen molar-refractivity contribution in [3.8, 4) is 0 Å². The number of ketones is 1. The summed E-state index contributed by atoms with van der Waals surface area (Å²) in [6, 6.07) is 14.3. The number of amides is 1. The van der Waals surface area contributed by atoms with Gasteiger partial charge in [-0.2, -0.15) is 0 Å². The summed E-state index contributed by atoms with van der Waals surface area (Å²) in [6.45, 7) is 2.95. The summed E-state index contributed by atoms with van der Waals surface area (Å²) in [4.78, 5) is 35.1. The molecule has 5 nitrogen and oxygen atoms in total. The Morgan fingerprint density at radius 1 is 1.08 bits per heavy atom. The van der Waals surface area contributed by atoms with Crippen LogP contribution >= 0.6 is 0 Å². The fourth-order valence-electron chi connectivity index (χ4n) is 2.21. The normalized spacial score (nSPS) is 10.5. The predicted octanol–water partition coefficient (Wildman–Crippen LogP) is 3.39. The maximum absolute atomic E-state index is 11.9. The van der Waals surface area contributed by atoms with Gasteiger partial charge in [0.1, 0.15) is 0 Å². The van der Waals surface area contributed by atoms with Crippen molar-refractivity contribution >= 4 is 29.4 Å². The zero-order valence-corrected chi connectivity index (χ0v) is 14.1. The Morgan fingerprint density at radius 3 is 2.56 bits per heavy atom. The number of hydrogen-bond donors (Lipinski definition) is 1. The van der Waals surface area contributed by atoms with E-state index < -0.39 is 18.5 Å². The fourth-order valence-corrected chi connectivity index (χ4v) is 2.21. The number of Topliss-reactive ketones (excluding diaryl/α,β-unsaturated/α-hetero) is 1. The number of nitrogens with one attached hydrogen (secondary N) is 1. The number of esters is 1. The van der Waals surface area contributed by atoms with Gasteiger partial charge in [-0.1, -0.05) is 42.0 Å². The first-order chi connectivity index (χ1) is 12.0. The monoisotopic (exact) mass is 337 g/mol. The molecule has 0 atom stereocenters. The summed E-state index contributed by atoms with van der Waals surface area (Å²) in [5.74, 6) is -1.28. The summed E-state index contributed by atoms with van der Waals surface area (Å²) in [7, 11) is 0. The number of hydrogen-bond acceptors (Lipinski definition) is 4. The Labute approximate surface area is 146 Å². The minimum absolute atomic E-state index is 0.158. The van der Waals surface area contributed by atoms with E-state index in [9.17, 15) is 14.4 Å². The number of carbonyl (C=O) groups is 3. The van der Waals surface area contributed by atoms with Gasteiger partial charge in [-0.25, -0.2) is 4.79 Å². The quantitative estimate of drug-likeness (QED) is 0.498. The first-order valence-electron chi connectivity index (χ1n) is 7.77. The second kappa shape index (κ2) is 8.59. The lowest BCUT2D eigenvalue weighted by Crippen LogP contribution is -2.21. The molecule has 0 radical (unpaired) electrons. The summed E-state index contributed by atoms with van der Waals surface area (Å²) in [6.07, 6.45) is 2.89. The van der Waals surface area contributed by atoms with Gasteiger partial charge >= 0.3 is 5.97 Å². The maximum Gasteiger partial charge on any atom is 0.331 e. The van der Waals surface area contributed by atoms with Gasteiger partial charge in [0.05, 0.1) is 5.69 Å². The minimum Gasteiger partial charge on any atom is -0.452 e. The predicted molar refractivity (Wildman–Crippen MR) is 96.2 cm³/mol. The first-order valence-corrected chi connectivity index (χ1v) is 7.77. The molecular formula is C20H19NO4. The maximum atomic E-state index is 11.9. The average molecular weight is 337 g/mol. The number of carbonyl (C=O) groups excluding carboxylic acids is 3. The average Bonchev–Trinajstić information content (AvgIpc) is 2.58. The van der Waals surface area contributed by atoms with E-state index in [1.165, 1.54) is 13.0 Å². The van der Waals surface area contributed by atoms with Crippen LogP contribution in [0.5, 0.6) is 0 Å². The summed E-state index contributed by atoms with van der Waals surface area (Å²) in [5.41, 5.74) is 2.75. The second-order valence-electron chi connectivity index (χ2n) is 5.51. The molecule has 0 aliphatic heterocycles. The van der Waals surface area contributed by atoms with Crippen molar-refractivity contribution in [1.29, 1.82) is 0 Å². The van der Waals surface area contributed by atoms with Gasteiger partial charge in [0, 0.05) is 11.6 Å². The molecule has 0 fully saturated rings. The zero-order valence-electron chi connectivity index (χ0n) is 14.1. The molecule has 128 valence electrons. The molecular weight excluding hydrogens is 318 g/mol. The lowest BCUT2D eigenvalue weighted by atomic mass is 10.1. The Bertz CT molecular complexity index is 824. The van der Waals surface area contributed by atoms with Crippen LogP contribution in [-0.2, 0) is 14.3 Å². The summed E-state index contributed by atoms with van der Waals surface area (Å²) in [5, 5.41) is 2.57. The van der Waals surface area contributed by atoms with Gasteiger partial charge in [0.25, 0.3) is 5.91 Å². The fraction of sp³-hybridized carbons (Fsp3) is 0.150. The van der Waals surface area contributed by atoms with Crippen molar-refractivity contribution in [2.75, 3.05) is 11.9 Å². The highest BCUT2D eigenvalue weighted by Crippen LogP contribution is 2.15. The van der Waals surface area contributed by atoms with Crippen molar-refractivity contribution in [2.24, 2.45) is 0 Å². The largest absolute Gasteiger partial charge is 0.452 e. The van der Waals surface area contributed by atoms with E-state index in [2.05, 4.69) is 5.32 Å². The van der Waals surface area contributed by atoms with Crippen molar-refractivity contribution in [3.63, 3.8) is 0 Å². The van der Waals surface area contributed by atoms with E-state index in [1.54, 1.807) is 30.3 Å². The highest BCUT2D eigenvalue weighted by Gasteiger charge is 2.10. The summed E-state index contributed by atoms with van der Waals surface area (Å²) >= 11 is 0. The zero-order chi connectivity index (χ0) is 18.2. The van der Waals surface area contributed by atoms with E-state index >= 15 is 0 Å². The van der Waals surface area contributed by atoms with Gasteiger partial charge in [0.2, 0.25) is 0 Å². The Balaban J connectivity index is 1.88. The van der Waals surface area contributed by atoms with Crippen molar-refractivity contribution in [2.45, 2.75) is 13.8 Å². The number of anilines is 1. The van der Waals surface area contributed by atoms with Gasteiger partial charge in [0.15, 0.2) is 12.4 Å². The molecule has 0 heterocycles. The molecule has 2 aromatic carbocycles. The van der Waals surface area contributed by atoms with Crippen LogP contribution in [0.4, 0.5) is 5.69 Å². The smallest absolute Gasteiger partial charge is 0.331 e. The van der Waals surface area contributed by atoms with Gasteiger partial charge in [-0.3, -0.25) is 9.59 Å². The molecule has 0 saturated carbocycles. The molecule has 0 spiro atoms. The van der Waals surface area contributed by atoms with Crippen LogP contribution in [0.1, 0.15) is 28.4 Å². The van der Waals surface area contributed by atoms with Crippen LogP contribution in [0.2, 0.25) is 0 Å². The first kappa shape index (κ1) is 18.1. The molecule has 0 aromatic heterocycles. The number of benzene rings is 2. The molecule has 1 N–H and O–H groups in total. The molecule has 0 saturated heterocycles. The molecule has 2 rings (SSSR count). The lowest BCUT2D eigenvalue weighted by Gasteiger charge is -2.08. The van der Waals surface area contributed by atoms with Crippen LogP contribution in [-0.4, -0.2) is 24.3 Å². The molecule has 1 amide bonds. The third-order valence-electron chi connectivity index (χ3n) is 3.38. The topological polar surface area (TPSA) is 72.5 Å². The Hall–Kier alpha value is -3.21. The van der Waals surface area contributed by atoms with Crippen LogP contribution in [0.3, 0.4) is 0 Å². The molecule has 5 heteroatoms. The lowest BCUT2D eigenvalue weighted by molar-refractivity contribution is -0.142. The van der Waals surface area contributed by atoms with Crippen molar-refractivity contribution < 1.29 is 19.1 Å². The third-order valence-corrected chi connectivity index (χ3v) is 3.38. The third kappa shape index (κ3) is 5.73.